The monoisotopic (exact) mass is 535 g/mol. The van der Waals surface area contributed by atoms with Gasteiger partial charge in [0.05, 0.1) is 35.0 Å². The third kappa shape index (κ3) is 4.91. The van der Waals surface area contributed by atoms with Crippen molar-refractivity contribution in [3.63, 3.8) is 0 Å². The van der Waals surface area contributed by atoms with Crippen LogP contribution in [0, 0.1) is 5.82 Å². The average Bonchev–Trinajstić information content (AvgIpc) is 3.30. The van der Waals surface area contributed by atoms with Gasteiger partial charge in [-0.25, -0.2) is 23.8 Å². The van der Waals surface area contributed by atoms with Crippen LogP contribution in [0.5, 0.6) is 0 Å². The van der Waals surface area contributed by atoms with Crippen LogP contribution in [0.25, 0.3) is 28.0 Å². The molecule has 0 aliphatic carbocycles. The maximum atomic E-state index is 15.0. The molecular formula is C27H17F4N5O3. The van der Waals surface area contributed by atoms with Gasteiger partial charge in [-0.05, 0) is 48.5 Å². The van der Waals surface area contributed by atoms with E-state index in [4.69, 9.17) is 4.74 Å². The number of methoxy groups -OCH3 is 1. The minimum atomic E-state index is -4.93. The van der Waals surface area contributed by atoms with Gasteiger partial charge in [-0.15, -0.1) is 0 Å². The number of rotatable bonds is 5. The molecule has 39 heavy (non-hydrogen) atoms. The molecule has 0 spiro atoms. The molecule has 8 nitrogen and oxygen atoms in total. The van der Waals surface area contributed by atoms with Crippen molar-refractivity contribution in [2.24, 2.45) is 0 Å². The van der Waals surface area contributed by atoms with E-state index in [1.165, 1.54) is 42.4 Å². The van der Waals surface area contributed by atoms with Crippen molar-refractivity contribution in [1.82, 2.24) is 19.7 Å². The predicted octanol–water partition coefficient (Wildman–Crippen LogP) is 5.68. The van der Waals surface area contributed by atoms with Crippen molar-refractivity contribution in [3.8, 4) is 17.1 Å². The number of benzene rings is 3. The molecule has 0 unspecified atom stereocenters. The number of nitrogens with one attached hydrogen (secondary N) is 1. The van der Waals surface area contributed by atoms with E-state index < -0.39 is 40.6 Å². The fraction of sp³-hybridized carbons (Fsp3) is 0.0741. The zero-order valence-corrected chi connectivity index (χ0v) is 20.0. The van der Waals surface area contributed by atoms with Crippen LogP contribution in [0.3, 0.4) is 0 Å². The van der Waals surface area contributed by atoms with Crippen molar-refractivity contribution < 1.29 is 31.9 Å². The number of esters is 1. The van der Waals surface area contributed by atoms with E-state index in [-0.39, 0.29) is 23.3 Å². The lowest BCUT2D eigenvalue weighted by Crippen LogP contribution is -2.18. The van der Waals surface area contributed by atoms with E-state index in [1.807, 2.05) is 0 Å². The molecule has 0 saturated carbocycles. The molecule has 1 amide bonds. The molecule has 0 radical (unpaired) electrons. The van der Waals surface area contributed by atoms with Gasteiger partial charge in [0, 0.05) is 23.3 Å². The first kappa shape index (κ1) is 25.5. The van der Waals surface area contributed by atoms with Crippen LogP contribution in [-0.2, 0) is 10.9 Å². The fourth-order valence-electron chi connectivity index (χ4n) is 3.99. The largest absolute Gasteiger partial charge is 0.465 e. The number of hydrogen-bond donors (Lipinski definition) is 1. The highest BCUT2D eigenvalue weighted by molar-refractivity contribution is 6.10. The number of anilines is 1. The van der Waals surface area contributed by atoms with E-state index in [9.17, 15) is 22.8 Å². The number of halogens is 4. The van der Waals surface area contributed by atoms with Gasteiger partial charge < -0.3 is 10.1 Å². The van der Waals surface area contributed by atoms with Gasteiger partial charge in [0.2, 0.25) is 0 Å². The summed E-state index contributed by atoms with van der Waals surface area (Å²) in [5, 5.41) is 7.35. The normalized spacial score (nSPS) is 11.4. The van der Waals surface area contributed by atoms with Gasteiger partial charge in [0.25, 0.3) is 5.91 Å². The minimum Gasteiger partial charge on any atom is -0.465 e. The summed E-state index contributed by atoms with van der Waals surface area (Å²) in [6.45, 7) is 0. The second-order valence-electron chi connectivity index (χ2n) is 8.22. The Labute approximate surface area is 217 Å². The number of aromatic nitrogens is 4. The molecular weight excluding hydrogens is 518 g/mol. The second-order valence-corrected chi connectivity index (χ2v) is 8.22. The van der Waals surface area contributed by atoms with E-state index in [2.05, 4.69) is 20.4 Å². The minimum absolute atomic E-state index is 0.0590. The van der Waals surface area contributed by atoms with Gasteiger partial charge in [0.1, 0.15) is 11.6 Å². The lowest BCUT2D eigenvalue weighted by atomic mass is 10.0. The van der Waals surface area contributed by atoms with Crippen LogP contribution >= 0.6 is 0 Å². The van der Waals surface area contributed by atoms with Crippen LogP contribution in [-0.4, -0.2) is 38.7 Å². The topological polar surface area (TPSA) is 99.0 Å². The third-order valence-corrected chi connectivity index (χ3v) is 5.79. The van der Waals surface area contributed by atoms with Gasteiger partial charge in [-0.3, -0.25) is 4.79 Å². The number of nitrogens with zero attached hydrogens (tertiary/aromatic N) is 4. The molecule has 0 fully saturated rings. The van der Waals surface area contributed by atoms with Crippen molar-refractivity contribution in [2.45, 2.75) is 6.18 Å². The Morgan fingerprint density at radius 1 is 0.949 bits per heavy atom. The van der Waals surface area contributed by atoms with Crippen LogP contribution in [0.2, 0.25) is 0 Å². The average molecular weight is 535 g/mol. The Bertz CT molecular complexity index is 1700. The first-order chi connectivity index (χ1) is 18.7. The third-order valence-electron chi connectivity index (χ3n) is 5.79. The molecule has 2 heterocycles. The lowest BCUT2D eigenvalue weighted by molar-refractivity contribution is -0.137. The predicted molar refractivity (Wildman–Crippen MR) is 133 cm³/mol. The first-order valence-corrected chi connectivity index (χ1v) is 11.3. The Kier molecular flexibility index (Phi) is 6.52. The Morgan fingerprint density at radius 3 is 2.33 bits per heavy atom. The van der Waals surface area contributed by atoms with Gasteiger partial charge in [-0.2, -0.15) is 18.3 Å². The first-order valence-electron chi connectivity index (χ1n) is 11.3. The summed E-state index contributed by atoms with van der Waals surface area (Å²) in [5.41, 5.74) is -1.50. The number of alkyl halides is 3. The molecule has 196 valence electrons. The summed E-state index contributed by atoms with van der Waals surface area (Å²) in [7, 11) is 1.21. The summed E-state index contributed by atoms with van der Waals surface area (Å²) in [4.78, 5) is 33.2. The SMILES string of the molecule is COC(=O)c1ccc2nn(-c3ccccc3)c(NC(=O)c3cc(-c4ncccn4)c(C(F)(F)F)cc3F)c2c1. The highest BCUT2D eigenvalue weighted by Gasteiger charge is 2.36. The number of fused-ring (bicyclic) bond motifs is 1. The molecule has 2 aromatic heterocycles. The van der Waals surface area contributed by atoms with Crippen molar-refractivity contribution in [3.05, 3.63) is 102 Å². The summed E-state index contributed by atoms with van der Waals surface area (Å²) in [5.74, 6) is -3.36. The molecule has 0 aliphatic rings. The Hall–Kier alpha value is -5.13. The number of para-hydroxylation sites is 1. The Balaban J connectivity index is 1.65. The number of carbonyl (C=O) groups is 2. The molecule has 12 heteroatoms. The fourth-order valence-corrected chi connectivity index (χ4v) is 3.99. The number of ether oxygens (including phenoxy) is 1. The molecule has 0 aliphatic heterocycles. The van der Waals surface area contributed by atoms with E-state index in [0.717, 1.165) is 6.07 Å². The van der Waals surface area contributed by atoms with E-state index in [1.54, 1.807) is 36.4 Å². The second kappa shape index (κ2) is 9.97. The van der Waals surface area contributed by atoms with E-state index >= 15 is 4.39 Å². The van der Waals surface area contributed by atoms with Crippen molar-refractivity contribution in [1.29, 1.82) is 0 Å². The van der Waals surface area contributed by atoms with Gasteiger partial charge in [0.15, 0.2) is 5.82 Å². The molecule has 0 bridgehead atoms. The van der Waals surface area contributed by atoms with E-state index in [0.29, 0.717) is 16.6 Å². The standard InChI is InChI=1S/C27H17F4N5O3/c1-39-26(38)15-8-9-22-19(12-15)24(36(35-22)16-6-3-2-4-7-16)34-25(37)18-13-17(23-32-10-5-11-33-23)20(14-21(18)28)27(29,30)31/h2-14H,1H3,(H,34,37). The van der Waals surface area contributed by atoms with Gasteiger partial charge >= 0.3 is 12.1 Å². The van der Waals surface area contributed by atoms with Gasteiger partial charge in [-0.1, -0.05) is 18.2 Å². The van der Waals surface area contributed by atoms with Crippen molar-refractivity contribution >= 4 is 28.6 Å². The maximum absolute atomic E-state index is 15.0. The molecule has 1 N–H and O–H groups in total. The molecule has 5 rings (SSSR count). The quantitative estimate of drug-likeness (QED) is 0.230. The number of carbonyl (C=O) groups excluding carboxylic acids is 2. The van der Waals surface area contributed by atoms with Crippen LogP contribution < -0.4 is 5.32 Å². The summed E-state index contributed by atoms with van der Waals surface area (Å²) in [6.07, 6.45) is -2.47. The molecule has 5 aromatic rings. The maximum Gasteiger partial charge on any atom is 0.417 e. The van der Waals surface area contributed by atoms with Crippen LogP contribution in [0.1, 0.15) is 26.3 Å². The Morgan fingerprint density at radius 2 is 1.67 bits per heavy atom. The van der Waals surface area contributed by atoms with Crippen LogP contribution in [0.4, 0.5) is 23.4 Å². The summed E-state index contributed by atoms with van der Waals surface area (Å²) in [6, 6.07) is 15.5. The highest BCUT2D eigenvalue weighted by Crippen LogP contribution is 2.38. The van der Waals surface area contributed by atoms with Crippen molar-refractivity contribution in [2.75, 3.05) is 12.4 Å². The molecule has 0 saturated heterocycles. The zero-order valence-electron chi connectivity index (χ0n) is 20.0. The highest BCUT2D eigenvalue weighted by atomic mass is 19.4. The summed E-state index contributed by atoms with van der Waals surface area (Å²) < 4.78 is 62.3. The molecule has 0 atom stereocenters. The summed E-state index contributed by atoms with van der Waals surface area (Å²) >= 11 is 0. The number of amides is 1. The number of hydrogen-bond acceptors (Lipinski definition) is 6. The molecule has 3 aromatic carbocycles. The smallest absolute Gasteiger partial charge is 0.417 e. The zero-order chi connectivity index (χ0) is 27.7. The van der Waals surface area contributed by atoms with Crippen LogP contribution in [0.15, 0.2) is 79.1 Å². The lowest BCUT2D eigenvalue weighted by Gasteiger charge is -2.15.